The van der Waals surface area contributed by atoms with Gasteiger partial charge in [-0.05, 0) is 53.6 Å². The number of carbonyl (C=O) groups excluding carboxylic acids is 1. The minimum atomic E-state index is -0.0237. The standard InChI is InChI=1S/C20H22N2O2/c1-20(2)10-13-4-5-15(8-14(13)11-20)21-16-6-7-17-18(9-16)24-12-19(23)22(17)3/h4-9,21H,10-12H2,1-3H3. The summed E-state index contributed by atoms with van der Waals surface area (Å²) in [6.45, 7) is 4.73. The van der Waals surface area contributed by atoms with E-state index in [-0.39, 0.29) is 12.5 Å². The monoisotopic (exact) mass is 322 g/mol. The molecule has 0 unspecified atom stereocenters. The van der Waals surface area contributed by atoms with Crippen LogP contribution in [0.15, 0.2) is 36.4 Å². The first-order valence-corrected chi connectivity index (χ1v) is 8.34. The van der Waals surface area contributed by atoms with Gasteiger partial charge in [-0.3, -0.25) is 4.79 Å². The van der Waals surface area contributed by atoms with E-state index in [4.69, 9.17) is 4.74 Å². The molecule has 0 bridgehead atoms. The minimum Gasteiger partial charge on any atom is -0.481 e. The van der Waals surface area contributed by atoms with Crippen molar-refractivity contribution < 1.29 is 9.53 Å². The second-order valence-electron chi connectivity index (χ2n) is 7.55. The van der Waals surface area contributed by atoms with Gasteiger partial charge in [-0.25, -0.2) is 0 Å². The lowest BCUT2D eigenvalue weighted by atomic mass is 9.90. The van der Waals surface area contributed by atoms with Crippen LogP contribution in [0.3, 0.4) is 0 Å². The van der Waals surface area contributed by atoms with Crippen LogP contribution in [0.2, 0.25) is 0 Å². The number of rotatable bonds is 2. The number of fused-ring (bicyclic) bond motifs is 2. The van der Waals surface area contributed by atoms with Crippen LogP contribution in [0.5, 0.6) is 5.75 Å². The van der Waals surface area contributed by atoms with Gasteiger partial charge in [-0.2, -0.15) is 0 Å². The fourth-order valence-electron chi connectivity index (χ4n) is 3.66. The molecule has 0 radical (unpaired) electrons. The fourth-order valence-corrected chi connectivity index (χ4v) is 3.66. The molecule has 1 aliphatic carbocycles. The number of nitrogens with zero attached hydrogens (tertiary/aromatic N) is 1. The molecule has 24 heavy (non-hydrogen) atoms. The van der Waals surface area contributed by atoms with Crippen LogP contribution in [-0.2, 0) is 17.6 Å². The molecule has 1 amide bonds. The number of amides is 1. The van der Waals surface area contributed by atoms with E-state index in [0.717, 1.165) is 35.7 Å². The maximum Gasteiger partial charge on any atom is 0.264 e. The Morgan fingerprint density at radius 3 is 2.58 bits per heavy atom. The van der Waals surface area contributed by atoms with Gasteiger partial charge in [0.2, 0.25) is 0 Å². The fraction of sp³-hybridized carbons (Fsp3) is 0.350. The molecule has 0 aromatic heterocycles. The Hall–Kier alpha value is -2.49. The normalized spacial score (nSPS) is 18.0. The third kappa shape index (κ3) is 2.62. The smallest absolute Gasteiger partial charge is 0.264 e. The molecule has 4 rings (SSSR count). The Morgan fingerprint density at radius 2 is 1.75 bits per heavy atom. The first-order chi connectivity index (χ1) is 11.4. The summed E-state index contributed by atoms with van der Waals surface area (Å²) < 4.78 is 5.55. The summed E-state index contributed by atoms with van der Waals surface area (Å²) in [6, 6.07) is 12.5. The molecule has 2 aliphatic rings. The van der Waals surface area contributed by atoms with Crippen LogP contribution in [0.25, 0.3) is 0 Å². The van der Waals surface area contributed by atoms with E-state index < -0.39 is 0 Å². The zero-order valence-electron chi connectivity index (χ0n) is 14.3. The molecule has 0 spiro atoms. The van der Waals surface area contributed by atoms with Crippen molar-refractivity contribution in [1.29, 1.82) is 0 Å². The van der Waals surface area contributed by atoms with E-state index in [1.807, 2.05) is 18.2 Å². The number of hydrogen-bond donors (Lipinski definition) is 1. The van der Waals surface area contributed by atoms with Gasteiger partial charge in [0.05, 0.1) is 5.69 Å². The van der Waals surface area contributed by atoms with Gasteiger partial charge in [-0.1, -0.05) is 19.9 Å². The van der Waals surface area contributed by atoms with E-state index >= 15 is 0 Å². The van der Waals surface area contributed by atoms with E-state index in [1.165, 1.54) is 11.1 Å². The Kier molecular flexibility index (Phi) is 3.30. The molecule has 0 saturated carbocycles. The van der Waals surface area contributed by atoms with Gasteiger partial charge < -0.3 is 15.0 Å². The number of anilines is 3. The zero-order valence-corrected chi connectivity index (χ0v) is 14.3. The molecule has 1 heterocycles. The Balaban J connectivity index is 1.58. The highest BCUT2D eigenvalue weighted by Crippen LogP contribution is 2.38. The molecule has 0 fully saturated rings. The van der Waals surface area contributed by atoms with Crippen molar-refractivity contribution in [3.05, 3.63) is 47.5 Å². The molecule has 0 atom stereocenters. The number of nitrogens with one attached hydrogen (secondary N) is 1. The second-order valence-corrected chi connectivity index (χ2v) is 7.55. The SMILES string of the molecule is CN1C(=O)COc2cc(Nc3ccc4c(c3)CC(C)(C)C4)ccc21. The van der Waals surface area contributed by atoms with Crippen molar-refractivity contribution in [3.8, 4) is 5.75 Å². The first-order valence-electron chi connectivity index (χ1n) is 8.34. The zero-order chi connectivity index (χ0) is 16.9. The van der Waals surface area contributed by atoms with Crippen molar-refractivity contribution in [3.63, 3.8) is 0 Å². The van der Waals surface area contributed by atoms with Crippen molar-refractivity contribution in [1.82, 2.24) is 0 Å². The molecule has 124 valence electrons. The highest BCUT2D eigenvalue weighted by Gasteiger charge is 2.28. The van der Waals surface area contributed by atoms with Crippen molar-refractivity contribution >= 4 is 23.0 Å². The van der Waals surface area contributed by atoms with E-state index in [2.05, 4.69) is 37.4 Å². The third-order valence-corrected chi connectivity index (χ3v) is 4.88. The van der Waals surface area contributed by atoms with E-state index in [9.17, 15) is 4.79 Å². The van der Waals surface area contributed by atoms with Gasteiger partial charge in [0, 0.05) is 24.5 Å². The number of hydrogen-bond acceptors (Lipinski definition) is 3. The predicted octanol–water partition coefficient (Wildman–Crippen LogP) is 3.91. The first kappa shape index (κ1) is 15.1. The second kappa shape index (κ2) is 5.26. The minimum absolute atomic E-state index is 0.0237. The third-order valence-electron chi connectivity index (χ3n) is 4.88. The van der Waals surface area contributed by atoms with Gasteiger partial charge in [0.25, 0.3) is 5.91 Å². The summed E-state index contributed by atoms with van der Waals surface area (Å²) in [7, 11) is 1.78. The topological polar surface area (TPSA) is 41.6 Å². The summed E-state index contributed by atoms with van der Waals surface area (Å²) in [5.74, 6) is 0.717. The highest BCUT2D eigenvalue weighted by atomic mass is 16.5. The molecule has 2 aromatic rings. The van der Waals surface area contributed by atoms with Gasteiger partial charge >= 0.3 is 0 Å². The largest absolute Gasteiger partial charge is 0.481 e. The highest BCUT2D eigenvalue weighted by molar-refractivity contribution is 5.97. The summed E-state index contributed by atoms with van der Waals surface area (Å²) >= 11 is 0. The van der Waals surface area contributed by atoms with E-state index in [0.29, 0.717) is 5.41 Å². The van der Waals surface area contributed by atoms with Crippen LogP contribution in [0.1, 0.15) is 25.0 Å². The summed E-state index contributed by atoms with van der Waals surface area (Å²) in [6.07, 6.45) is 2.27. The molecule has 1 aliphatic heterocycles. The number of likely N-dealkylation sites (N-methyl/N-ethyl adjacent to an activating group) is 1. The lowest BCUT2D eigenvalue weighted by molar-refractivity contribution is -0.120. The van der Waals surface area contributed by atoms with Gasteiger partial charge in [0.15, 0.2) is 6.61 Å². The summed E-state index contributed by atoms with van der Waals surface area (Å²) in [5, 5.41) is 3.45. The maximum atomic E-state index is 11.7. The average Bonchev–Trinajstić information content (AvgIpc) is 2.84. The van der Waals surface area contributed by atoms with Gasteiger partial charge in [-0.15, -0.1) is 0 Å². The van der Waals surface area contributed by atoms with Crippen LogP contribution >= 0.6 is 0 Å². The van der Waals surface area contributed by atoms with Crippen LogP contribution < -0.4 is 15.0 Å². The lowest BCUT2D eigenvalue weighted by Crippen LogP contribution is -2.35. The number of ether oxygens (including phenoxy) is 1. The Morgan fingerprint density at radius 1 is 1.04 bits per heavy atom. The van der Waals surface area contributed by atoms with Crippen LogP contribution in [0.4, 0.5) is 17.1 Å². The Bertz CT molecular complexity index is 826. The Labute approximate surface area is 142 Å². The lowest BCUT2D eigenvalue weighted by Gasteiger charge is -2.26. The summed E-state index contributed by atoms with van der Waals surface area (Å²) in [4.78, 5) is 13.3. The molecule has 0 saturated heterocycles. The van der Waals surface area contributed by atoms with Crippen LogP contribution in [-0.4, -0.2) is 19.6 Å². The molecule has 1 N–H and O–H groups in total. The van der Waals surface area contributed by atoms with Gasteiger partial charge in [0.1, 0.15) is 5.75 Å². The number of carbonyl (C=O) groups is 1. The molecule has 2 aromatic carbocycles. The van der Waals surface area contributed by atoms with Crippen LogP contribution in [0, 0.1) is 5.41 Å². The maximum absolute atomic E-state index is 11.7. The van der Waals surface area contributed by atoms with Crippen molar-refractivity contribution in [2.45, 2.75) is 26.7 Å². The number of benzene rings is 2. The molecule has 4 heteroatoms. The molecular weight excluding hydrogens is 300 g/mol. The van der Waals surface area contributed by atoms with Crippen molar-refractivity contribution in [2.24, 2.45) is 5.41 Å². The van der Waals surface area contributed by atoms with Crippen molar-refractivity contribution in [2.75, 3.05) is 23.9 Å². The predicted molar refractivity (Wildman–Crippen MR) is 96.3 cm³/mol. The summed E-state index contributed by atoms with van der Waals surface area (Å²) in [5.41, 5.74) is 6.12. The quantitative estimate of drug-likeness (QED) is 0.911. The molecular formula is C20H22N2O2. The average molecular weight is 322 g/mol. The van der Waals surface area contributed by atoms with E-state index in [1.54, 1.807) is 11.9 Å². The molecule has 4 nitrogen and oxygen atoms in total.